The van der Waals surface area contributed by atoms with Crippen LogP contribution in [0.3, 0.4) is 0 Å². The number of phosphoric acid groups is 1. The maximum atomic E-state index is 10.3. The van der Waals surface area contributed by atoms with Crippen molar-refractivity contribution in [3.63, 3.8) is 0 Å². The van der Waals surface area contributed by atoms with Crippen molar-refractivity contribution in [1.82, 2.24) is 0 Å². The van der Waals surface area contributed by atoms with Gasteiger partial charge in [0, 0.05) is 6.61 Å². The van der Waals surface area contributed by atoms with Gasteiger partial charge in [0.05, 0.1) is 7.82 Å². The van der Waals surface area contributed by atoms with Crippen molar-refractivity contribution in [2.45, 2.75) is 97.2 Å². The first kappa shape index (κ1) is 32.0. The summed E-state index contributed by atoms with van der Waals surface area (Å²) in [5.74, 6) is 0. The molecule has 5 nitrogen and oxygen atoms in total. The van der Waals surface area contributed by atoms with E-state index < -0.39 is 14.1 Å². The molecule has 134 valence electrons. The average molecular weight is 415 g/mol. The van der Waals surface area contributed by atoms with Crippen molar-refractivity contribution < 1.29 is 126 Å². The molecule has 0 fully saturated rings. The molecule has 0 bridgehead atoms. The van der Waals surface area contributed by atoms with Gasteiger partial charge in [-0.25, -0.2) is 0 Å². The first-order chi connectivity index (χ1) is 10.5. The molecular weight excluding hydrogens is 381 g/mol. The van der Waals surface area contributed by atoms with E-state index in [2.05, 4.69) is 11.4 Å². The Morgan fingerprint density at radius 3 is 1.54 bits per heavy atom. The van der Waals surface area contributed by atoms with Gasteiger partial charge in [-0.3, -0.25) is 0 Å². The van der Waals surface area contributed by atoms with Crippen LogP contribution in [0.5, 0.6) is 0 Å². The molecule has 0 aromatic rings. The first-order valence-corrected chi connectivity index (χ1v) is 10.2. The average Bonchev–Trinajstić information content (AvgIpc) is 2.42. The summed E-state index contributed by atoms with van der Waals surface area (Å²) in [5, 5.41) is 0. The molecule has 0 radical (unpaired) electrons. The van der Waals surface area contributed by atoms with Gasteiger partial charge in [-0.2, -0.15) is 0 Å². The van der Waals surface area contributed by atoms with Gasteiger partial charge in [-0.1, -0.05) is 77.6 Å². The summed E-state index contributed by atoms with van der Waals surface area (Å²) in [4.78, 5) is 20.7. The molecule has 0 saturated carbocycles. The molecule has 1 atom stereocenters. The standard InChI is InChI=1S/C16H35O5P.2K/c1-3-4-5-6-7-8-9-10-11-12-13-14-15-20-16(2)21-22(17,18)19;;/h16H,3-15H2,1-2H3,(H2,17,18,19);;/q;2*+1/p-2. The van der Waals surface area contributed by atoms with E-state index in [-0.39, 0.29) is 103 Å². The second-order valence-electron chi connectivity index (χ2n) is 5.88. The molecule has 0 aliphatic carbocycles. The van der Waals surface area contributed by atoms with E-state index in [1.807, 2.05) is 0 Å². The van der Waals surface area contributed by atoms with Gasteiger partial charge >= 0.3 is 103 Å². The third-order valence-electron chi connectivity index (χ3n) is 3.63. The van der Waals surface area contributed by atoms with Gasteiger partial charge in [-0.05, 0) is 13.3 Å². The number of unbranched alkanes of at least 4 members (excludes halogenated alkanes) is 11. The Bertz CT molecular complexity index is 290. The van der Waals surface area contributed by atoms with E-state index in [4.69, 9.17) is 4.74 Å². The van der Waals surface area contributed by atoms with Crippen LogP contribution >= 0.6 is 7.82 Å². The number of hydrogen-bond donors (Lipinski definition) is 0. The summed E-state index contributed by atoms with van der Waals surface area (Å²) in [7, 11) is -4.93. The molecule has 0 heterocycles. The molecule has 0 N–H and O–H groups in total. The molecule has 0 aliphatic rings. The van der Waals surface area contributed by atoms with Gasteiger partial charge in [0.1, 0.15) is 0 Å². The van der Waals surface area contributed by atoms with Crippen molar-refractivity contribution in [3.8, 4) is 0 Å². The summed E-state index contributed by atoms with van der Waals surface area (Å²) in [6, 6.07) is 0. The molecule has 1 unspecified atom stereocenters. The van der Waals surface area contributed by atoms with Gasteiger partial charge in [-0.15, -0.1) is 0 Å². The zero-order chi connectivity index (χ0) is 16.7. The molecule has 24 heavy (non-hydrogen) atoms. The first-order valence-electron chi connectivity index (χ1n) is 8.77. The Morgan fingerprint density at radius 1 is 0.792 bits per heavy atom. The Balaban J connectivity index is -0.00000220. The molecule has 0 spiro atoms. The third kappa shape index (κ3) is 27.6. The second-order valence-corrected chi connectivity index (χ2v) is 6.99. The van der Waals surface area contributed by atoms with Crippen LogP contribution in [-0.2, 0) is 13.8 Å². The predicted molar refractivity (Wildman–Crippen MR) is 85.2 cm³/mol. The smallest absolute Gasteiger partial charge is 0.790 e. The minimum atomic E-state index is -4.93. The Hall–Kier alpha value is 3.34. The third-order valence-corrected chi connectivity index (χ3v) is 4.18. The summed E-state index contributed by atoms with van der Waals surface area (Å²) in [6.07, 6.45) is 14.2. The molecule has 0 aromatic carbocycles. The fourth-order valence-electron chi connectivity index (χ4n) is 2.40. The summed E-state index contributed by atoms with van der Waals surface area (Å²) in [6.45, 7) is 4.09. The molecule has 0 saturated heterocycles. The SMILES string of the molecule is CCCCCCCCCCCCCCOC(C)OP(=O)([O-])[O-].[K+].[K+]. The number of phosphoric ester groups is 1. The van der Waals surface area contributed by atoms with Gasteiger partial charge in [0.2, 0.25) is 0 Å². The predicted octanol–water partition coefficient (Wildman–Crippen LogP) is -2.10. The molecule has 0 amide bonds. The van der Waals surface area contributed by atoms with E-state index in [9.17, 15) is 14.4 Å². The topological polar surface area (TPSA) is 81.7 Å². The van der Waals surface area contributed by atoms with Crippen molar-refractivity contribution >= 4 is 7.82 Å². The van der Waals surface area contributed by atoms with Crippen molar-refractivity contribution in [3.05, 3.63) is 0 Å². The zero-order valence-corrected chi connectivity index (χ0v) is 23.4. The van der Waals surface area contributed by atoms with Crippen molar-refractivity contribution in [2.75, 3.05) is 6.61 Å². The second kappa shape index (κ2) is 22.6. The summed E-state index contributed by atoms with van der Waals surface area (Å²) in [5.41, 5.74) is 0. The van der Waals surface area contributed by atoms with Crippen LogP contribution in [0.1, 0.15) is 90.9 Å². The minimum Gasteiger partial charge on any atom is -0.790 e. The fourth-order valence-corrected chi connectivity index (χ4v) is 2.83. The van der Waals surface area contributed by atoms with Gasteiger partial charge in [0.25, 0.3) is 0 Å². The maximum absolute atomic E-state index is 10.3. The van der Waals surface area contributed by atoms with Crippen LogP contribution in [0, 0.1) is 0 Å². The molecule has 0 rings (SSSR count). The van der Waals surface area contributed by atoms with Crippen LogP contribution in [-0.4, -0.2) is 12.9 Å². The number of ether oxygens (including phenoxy) is 1. The normalized spacial score (nSPS) is 12.3. The Kier molecular flexibility index (Phi) is 30.2. The van der Waals surface area contributed by atoms with Crippen LogP contribution in [0.2, 0.25) is 0 Å². The monoisotopic (exact) mass is 414 g/mol. The van der Waals surface area contributed by atoms with E-state index in [1.165, 1.54) is 71.1 Å². The largest absolute Gasteiger partial charge is 1.00 e. The zero-order valence-electron chi connectivity index (χ0n) is 16.3. The molecule has 0 aliphatic heterocycles. The molecule has 8 heteroatoms. The summed E-state index contributed by atoms with van der Waals surface area (Å²) >= 11 is 0. The van der Waals surface area contributed by atoms with Gasteiger partial charge < -0.3 is 23.6 Å². The number of hydrogen-bond acceptors (Lipinski definition) is 5. The van der Waals surface area contributed by atoms with Gasteiger partial charge in [0.15, 0.2) is 6.29 Å². The van der Waals surface area contributed by atoms with Crippen LogP contribution < -0.4 is 113 Å². The fraction of sp³-hybridized carbons (Fsp3) is 1.00. The quantitative estimate of drug-likeness (QED) is 0.125. The number of rotatable bonds is 16. The molecular formula is C16H33K2O5P. The minimum absolute atomic E-state index is 0. The van der Waals surface area contributed by atoms with Crippen LogP contribution in [0.15, 0.2) is 0 Å². The van der Waals surface area contributed by atoms with Crippen molar-refractivity contribution in [1.29, 1.82) is 0 Å². The van der Waals surface area contributed by atoms with E-state index in [0.29, 0.717) is 6.61 Å². The van der Waals surface area contributed by atoms with Crippen LogP contribution in [0.4, 0.5) is 0 Å². The maximum Gasteiger partial charge on any atom is 1.00 e. The summed E-state index contributed by atoms with van der Waals surface area (Å²) < 4.78 is 19.6. The Morgan fingerprint density at radius 2 is 1.17 bits per heavy atom. The van der Waals surface area contributed by atoms with Crippen molar-refractivity contribution in [2.24, 2.45) is 0 Å². The Labute approximate surface area is 233 Å². The van der Waals surface area contributed by atoms with E-state index >= 15 is 0 Å². The van der Waals surface area contributed by atoms with E-state index in [1.54, 1.807) is 0 Å². The van der Waals surface area contributed by atoms with E-state index in [0.717, 1.165) is 12.8 Å². The van der Waals surface area contributed by atoms with Crippen LogP contribution in [0.25, 0.3) is 0 Å². The molecule has 0 aromatic heterocycles.